The number of nitrogens with one attached hydrogen (secondary N) is 1. The standard InChI is InChI=1S/C21H17N5O4S2/c1-12-4-6-15(7-5-12)32(29,30)19-13(2)9-23-20-17(19)16(11-24-20)18-14(8-22)10-25-21(26-18)31(3,27)28/h4-7,9-11H,1-3H3,(H,23,24). The molecule has 1 N–H and O–H groups in total. The van der Waals surface area contributed by atoms with E-state index in [1.807, 2.05) is 13.0 Å². The van der Waals surface area contributed by atoms with Crippen LogP contribution in [0.2, 0.25) is 0 Å². The SMILES string of the molecule is Cc1ccc(S(=O)(=O)c2c(C)cnc3[nH]cc(-c4nc(S(C)(=O)=O)ncc4C#N)c23)cc1. The van der Waals surface area contributed by atoms with Crippen LogP contribution < -0.4 is 0 Å². The minimum atomic E-state index is -3.98. The average Bonchev–Trinajstić information content (AvgIpc) is 3.16. The van der Waals surface area contributed by atoms with Crippen molar-refractivity contribution in [1.29, 1.82) is 5.26 Å². The Bertz CT molecular complexity index is 1630. The van der Waals surface area contributed by atoms with Gasteiger partial charge in [-0.2, -0.15) is 5.26 Å². The smallest absolute Gasteiger partial charge is 0.247 e. The number of nitrogens with zero attached hydrogens (tertiary/aromatic N) is 4. The van der Waals surface area contributed by atoms with Gasteiger partial charge in [-0.25, -0.2) is 31.8 Å². The molecule has 0 amide bonds. The highest BCUT2D eigenvalue weighted by molar-refractivity contribution is 7.91. The highest BCUT2D eigenvalue weighted by atomic mass is 32.2. The van der Waals surface area contributed by atoms with Gasteiger partial charge < -0.3 is 4.98 Å². The molecule has 0 spiro atoms. The number of aromatic amines is 1. The summed E-state index contributed by atoms with van der Waals surface area (Å²) in [5.74, 6) is 0. The van der Waals surface area contributed by atoms with Crippen molar-refractivity contribution in [3.8, 4) is 17.3 Å². The predicted molar refractivity (Wildman–Crippen MR) is 116 cm³/mol. The van der Waals surface area contributed by atoms with Crippen LogP contribution in [0.1, 0.15) is 16.7 Å². The van der Waals surface area contributed by atoms with Gasteiger partial charge in [0.2, 0.25) is 24.8 Å². The van der Waals surface area contributed by atoms with Crippen LogP contribution in [-0.4, -0.2) is 43.0 Å². The minimum absolute atomic E-state index is 0.00140. The maximum Gasteiger partial charge on any atom is 0.247 e. The molecule has 0 bridgehead atoms. The number of sulfone groups is 2. The lowest BCUT2D eigenvalue weighted by Crippen LogP contribution is -2.08. The maximum absolute atomic E-state index is 13.6. The molecule has 0 fully saturated rings. The number of nitriles is 1. The third-order valence-electron chi connectivity index (χ3n) is 4.91. The highest BCUT2D eigenvalue weighted by Gasteiger charge is 2.28. The third kappa shape index (κ3) is 3.53. The molecule has 0 saturated heterocycles. The van der Waals surface area contributed by atoms with Gasteiger partial charge in [0.1, 0.15) is 11.7 Å². The predicted octanol–water partition coefficient (Wildman–Crippen LogP) is 2.74. The van der Waals surface area contributed by atoms with Gasteiger partial charge in [-0.1, -0.05) is 17.7 Å². The number of aryl methyl sites for hydroxylation is 2. The van der Waals surface area contributed by atoms with E-state index in [9.17, 15) is 22.1 Å². The second-order valence-electron chi connectivity index (χ2n) is 7.31. The van der Waals surface area contributed by atoms with E-state index in [4.69, 9.17) is 0 Å². The molecule has 9 nitrogen and oxygen atoms in total. The van der Waals surface area contributed by atoms with E-state index in [1.54, 1.807) is 19.1 Å². The van der Waals surface area contributed by atoms with Gasteiger partial charge in [-0.3, -0.25) is 0 Å². The normalized spacial score (nSPS) is 12.1. The van der Waals surface area contributed by atoms with Crippen molar-refractivity contribution in [1.82, 2.24) is 19.9 Å². The van der Waals surface area contributed by atoms with Crippen LogP contribution in [0.15, 0.2) is 57.8 Å². The van der Waals surface area contributed by atoms with E-state index in [1.165, 1.54) is 24.5 Å². The van der Waals surface area contributed by atoms with Crippen LogP contribution in [0.4, 0.5) is 0 Å². The molecule has 4 aromatic rings. The molecule has 162 valence electrons. The zero-order valence-corrected chi connectivity index (χ0v) is 18.9. The van der Waals surface area contributed by atoms with Gasteiger partial charge in [0.05, 0.1) is 27.2 Å². The molecule has 0 unspecified atom stereocenters. The van der Waals surface area contributed by atoms with Crippen molar-refractivity contribution in [3.05, 3.63) is 59.5 Å². The Kier molecular flexibility index (Phi) is 5.07. The molecule has 3 aromatic heterocycles. The summed E-state index contributed by atoms with van der Waals surface area (Å²) in [6.45, 7) is 3.48. The molecule has 1 aromatic carbocycles. The fourth-order valence-electron chi connectivity index (χ4n) is 3.36. The van der Waals surface area contributed by atoms with Crippen LogP contribution in [0.25, 0.3) is 22.3 Å². The van der Waals surface area contributed by atoms with Crippen molar-refractivity contribution in [2.75, 3.05) is 6.26 Å². The minimum Gasteiger partial charge on any atom is -0.345 e. The van der Waals surface area contributed by atoms with Crippen LogP contribution in [0.3, 0.4) is 0 Å². The molecule has 3 heterocycles. The van der Waals surface area contributed by atoms with Crippen molar-refractivity contribution in [2.45, 2.75) is 28.8 Å². The molecule has 32 heavy (non-hydrogen) atoms. The number of hydrogen-bond donors (Lipinski definition) is 1. The number of H-pyrrole nitrogens is 1. The maximum atomic E-state index is 13.6. The molecule has 11 heteroatoms. The lowest BCUT2D eigenvalue weighted by molar-refractivity contribution is 0.592. The van der Waals surface area contributed by atoms with E-state index < -0.39 is 24.8 Å². The monoisotopic (exact) mass is 467 g/mol. The van der Waals surface area contributed by atoms with E-state index in [-0.39, 0.29) is 37.6 Å². The molecule has 0 aliphatic heterocycles. The summed E-state index contributed by atoms with van der Waals surface area (Å²) < 4.78 is 51.2. The topological polar surface area (TPSA) is 147 Å². The van der Waals surface area contributed by atoms with Gasteiger partial charge in [0.15, 0.2) is 0 Å². The third-order valence-corrected chi connectivity index (χ3v) is 7.72. The Morgan fingerprint density at radius 1 is 1.00 bits per heavy atom. The molecular formula is C21H17N5O4S2. The van der Waals surface area contributed by atoms with Crippen LogP contribution in [0.5, 0.6) is 0 Å². The molecule has 4 rings (SSSR count). The van der Waals surface area contributed by atoms with Crippen LogP contribution in [-0.2, 0) is 19.7 Å². The molecule has 0 atom stereocenters. The summed E-state index contributed by atoms with van der Waals surface area (Å²) in [6.07, 6.45) is 4.96. The lowest BCUT2D eigenvalue weighted by Gasteiger charge is -2.11. The first kappa shape index (κ1) is 21.6. The molecule has 0 saturated carbocycles. The fourth-order valence-corrected chi connectivity index (χ4v) is 5.54. The molecular weight excluding hydrogens is 450 g/mol. The van der Waals surface area contributed by atoms with Crippen molar-refractivity contribution >= 4 is 30.7 Å². The second-order valence-corrected chi connectivity index (χ2v) is 11.1. The fraction of sp³-hybridized carbons (Fsp3) is 0.143. The number of aromatic nitrogens is 4. The first-order chi connectivity index (χ1) is 15.0. The number of benzene rings is 1. The molecule has 0 aliphatic rings. The number of rotatable bonds is 4. The second kappa shape index (κ2) is 7.51. The Balaban J connectivity index is 2.09. The van der Waals surface area contributed by atoms with Crippen molar-refractivity contribution < 1.29 is 16.8 Å². The molecule has 0 aliphatic carbocycles. The lowest BCUT2D eigenvalue weighted by atomic mass is 10.1. The first-order valence-corrected chi connectivity index (χ1v) is 12.7. The van der Waals surface area contributed by atoms with Crippen LogP contribution >= 0.6 is 0 Å². The first-order valence-electron chi connectivity index (χ1n) is 9.30. The molecule has 0 radical (unpaired) electrons. The summed E-state index contributed by atoms with van der Waals surface area (Å²) in [5, 5.41) is 9.30. The summed E-state index contributed by atoms with van der Waals surface area (Å²) in [6, 6.07) is 8.39. The quantitative estimate of drug-likeness (QED) is 0.451. The summed E-state index contributed by atoms with van der Waals surface area (Å²) in [4.78, 5) is 15.1. The summed E-state index contributed by atoms with van der Waals surface area (Å²) in [5.41, 5.74) is 1.82. The van der Waals surface area contributed by atoms with Crippen molar-refractivity contribution in [3.63, 3.8) is 0 Å². The van der Waals surface area contributed by atoms with Crippen LogP contribution in [0, 0.1) is 25.2 Å². The number of fused-ring (bicyclic) bond motifs is 1. The highest BCUT2D eigenvalue weighted by Crippen LogP contribution is 2.37. The Morgan fingerprint density at radius 3 is 2.31 bits per heavy atom. The van der Waals surface area contributed by atoms with E-state index >= 15 is 0 Å². The van der Waals surface area contributed by atoms with Gasteiger partial charge in [-0.05, 0) is 31.5 Å². The van der Waals surface area contributed by atoms with Gasteiger partial charge in [-0.15, -0.1) is 0 Å². The zero-order valence-electron chi connectivity index (χ0n) is 17.3. The Morgan fingerprint density at radius 2 is 1.69 bits per heavy atom. The van der Waals surface area contributed by atoms with Crippen molar-refractivity contribution in [2.24, 2.45) is 0 Å². The van der Waals surface area contributed by atoms with Gasteiger partial charge >= 0.3 is 0 Å². The Labute approximate surface area is 184 Å². The number of hydrogen-bond acceptors (Lipinski definition) is 8. The van der Waals surface area contributed by atoms with E-state index in [0.717, 1.165) is 18.0 Å². The summed E-state index contributed by atoms with van der Waals surface area (Å²) >= 11 is 0. The number of pyridine rings is 1. The summed E-state index contributed by atoms with van der Waals surface area (Å²) in [7, 11) is -7.74. The average molecular weight is 468 g/mol. The van der Waals surface area contributed by atoms with E-state index in [2.05, 4.69) is 19.9 Å². The van der Waals surface area contributed by atoms with Gasteiger partial charge in [0.25, 0.3) is 0 Å². The Hall–Kier alpha value is -3.62. The largest absolute Gasteiger partial charge is 0.345 e. The van der Waals surface area contributed by atoms with Gasteiger partial charge in [0, 0.05) is 29.6 Å². The zero-order chi connectivity index (χ0) is 23.3. The van der Waals surface area contributed by atoms with E-state index in [0.29, 0.717) is 5.56 Å².